The van der Waals surface area contributed by atoms with Gasteiger partial charge in [-0.1, -0.05) is 12.1 Å². The molecule has 0 saturated heterocycles. The minimum absolute atomic E-state index is 0.193. The highest BCUT2D eigenvalue weighted by Crippen LogP contribution is 2.13. The van der Waals surface area contributed by atoms with Crippen LogP contribution in [0, 0.1) is 0 Å². The number of rotatable bonds is 5. The highest BCUT2D eigenvalue weighted by molar-refractivity contribution is 5.99. The molecule has 0 unspecified atom stereocenters. The number of hydrogen-bond acceptors (Lipinski definition) is 4. The second-order valence-corrected chi connectivity index (χ2v) is 4.81. The number of ether oxygens (including phenoxy) is 1. The number of hydrogen-bond donors (Lipinski definition) is 2. The van der Waals surface area contributed by atoms with E-state index >= 15 is 0 Å². The molecule has 0 bridgehead atoms. The maximum Gasteiger partial charge on any atom is 0.244 e. The Morgan fingerprint density at radius 3 is 2.64 bits per heavy atom. The molecular formula is C17H18N2O3. The molecule has 22 heavy (non-hydrogen) atoms. The van der Waals surface area contributed by atoms with Gasteiger partial charge in [0.15, 0.2) is 0 Å². The summed E-state index contributed by atoms with van der Waals surface area (Å²) in [7, 11) is 1.59. The standard InChI is InChI=1S/C17H18N2O3/c1-12(14-6-8-15(20)9-7-14)18-19-17(21)11-13-4-3-5-16(10-13)22-2/h3-10,20H,11H2,1-2H3,(H,19,21)/b18-12+. The van der Waals surface area contributed by atoms with E-state index in [2.05, 4.69) is 10.5 Å². The molecule has 0 aliphatic rings. The molecule has 0 aliphatic heterocycles. The van der Waals surface area contributed by atoms with E-state index in [0.29, 0.717) is 11.5 Å². The van der Waals surface area contributed by atoms with Crippen molar-refractivity contribution in [3.05, 3.63) is 59.7 Å². The van der Waals surface area contributed by atoms with Crippen LogP contribution in [0.4, 0.5) is 0 Å². The van der Waals surface area contributed by atoms with Gasteiger partial charge in [-0.05, 0) is 54.4 Å². The molecular weight excluding hydrogens is 280 g/mol. The van der Waals surface area contributed by atoms with Crippen molar-refractivity contribution in [2.75, 3.05) is 7.11 Å². The number of phenolic OH excluding ortho intramolecular Hbond substituents is 1. The van der Waals surface area contributed by atoms with E-state index < -0.39 is 0 Å². The third-order valence-electron chi connectivity index (χ3n) is 3.13. The van der Waals surface area contributed by atoms with Crippen molar-refractivity contribution in [3.63, 3.8) is 0 Å². The van der Waals surface area contributed by atoms with Crippen LogP contribution in [0.1, 0.15) is 18.1 Å². The lowest BCUT2D eigenvalue weighted by Crippen LogP contribution is -2.21. The fraction of sp³-hybridized carbons (Fsp3) is 0.176. The van der Waals surface area contributed by atoms with Crippen molar-refractivity contribution in [3.8, 4) is 11.5 Å². The summed E-state index contributed by atoms with van der Waals surface area (Å²) >= 11 is 0. The van der Waals surface area contributed by atoms with E-state index in [1.807, 2.05) is 24.3 Å². The van der Waals surface area contributed by atoms with E-state index in [1.54, 1.807) is 38.3 Å². The Morgan fingerprint density at radius 2 is 1.95 bits per heavy atom. The van der Waals surface area contributed by atoms with Gasteiger partial charge in [-0.15, -0.1) is 0 Å². The van der Waals surface area contributed by atoms with Gasteiger partial charge in [0.25, 0.3) is 0 Å². The third kappa shape index (κ3) is 4.34. The van der Waals surface area contributed by atoms with Gasteiger partial charge >= 0.3 is 0 Å². The van der Waals surface area contributed by atoms with Crippen LogP contribution >= 0.6 is 0 Å². The van der Waals surface area contributed by atoms with Crippen LogP contribution < -0.4 is 10.2 Å². The van der Waals surface area contributed by atoms with E-state index in [9.17, 15) is 9.90 Å². The molecule has 0 radical (unpaired) electrons. The molecule has 0 fully saturated rings. The Bertz CT molecular complexity index is 679. The zero-order valence-electron chi connectivity index (χ0n) is 12.5. The Labute approximate surface area is 129 Å². The molecule has 0 atom stereocenters. The maximum absolute atomic E-state index is 11.9. The number of aromatic hydroxyl groups is 1. The molecule has 2 aromatic rings. The summed E-state index contributed by atoms with van der Waals surface area (Å²) < 4.78 is 5.12. The van der Waals surface area contributed by atoms with Crippen LogP contribution in [-0.4, -0.2) is 23.8 Å². The Hall–Kier alpha value is -2.82. The third-order valence-corrected chi connectivity index (χ3v) is 3.13. The minimum atomic E-state index is -0.202. The van der Waals surface area contributed by atoms with Crippen molar-refractivity contribution >= 4 is 11.6 Å². The molecule has 2 N–H and O–H groups in total. The average Bonchev–Trinajstić information content (AvgIpc) is 2.53. The largest absolute Gasteiger partial charge is 0.508 e. The van der Waals surface area contributed by atoms with Gasteiger partial charge < -0.3 is 9.84 Å². The summed E-state index contributed by atoms with van der Waals surface area (Å²) in [4.78, 5) is 11.9. The smallest absolute Gasteiger partial charge is 0.244 e. The van der Waals surface area contributed by atoms with Gasteiger partial charge in [-0.3, -0.25) is 4.79 Å². The van der Waals surface area contributed by atoms with Crippen molar-refractivity contribution < 1.29 is 14.6 Å². The lowest BCUT2D eigenvalue weighted by Gasteiger charge is -2.05. The van der Waals surface area contributed by atoms with Crippen molar-refractivity contribution in [2.45, 2.75) is 13.3 Å². The molecule has 0 heterocycles. The number of amides is 1. The molecule has 0 spiro atoms. The van der Waals surface area contributed by atoms with E-state index in [-0.39, 0.29) is 18.1 Å². The Kier molecular flexibility index (Phi) is 5.14. The second kappa shape index (κ2) is 7.26. The van der Waals surface area contributed by atoms with E-state index in [0.717, 1.165) is 11.1 Å². The van der Waals surface area contributed by atoms with Gasteiger partial charge in [0.2, 0.25) is 5.91 Å². The van der Waals surface area contributed by atoms with E-state index in [4.69, 9.17) is 4.74 Å². The van der Waals surface area contributed by atoms with Gasteiger partial charge in [-0.2, -0.15) is 5.10 Å². The molecule has 5 heteroatoms. The number of phenols is 1. The normalized spacial score (nSPS) is 11.1. The zero-order valence-corrected chi connectivity index (χ0v) is 12.5. The molecule has 114 valence electrons. The predicted molar refractivity (Wildman–Crippen MR) is 85.2 cm³/mol. The van der Waals surface area contributed by atoms with Crippen LogP contribution in [0.25, 0.3) is 0 Å². The second-order valence-electron chi connectivity index (χ2n) is 4.81. The van der Waals surface area contributed by atoms with Crippen molar-refractivity contribution in [1.29, 1.82) is 0 Å². The zero-order chi connectivity index (χ0) is 15.9. The number of nitrogens with one attached hydrogen (secondary N) is 1. The predicted octanol–water partition coefficient (Wildman–Crippen LogP) is 2.48. The molecule has 1 amide bonds. The summed E-state index contributed by atoms with van der Waals surface area (Å²) in [6, 6.07) is 14.0. The summed E-state index contributed by atoms with van der Waals surface area (Å²) in [6.45, 7) is 1.79. The average molecular weight is 298 g/mol. The monoisotopic (exact) mass is 298 g/mol. The van der Waals surface area contributed by atoms with Gasteiger partial charge in [0, 0.05) is 0 Å². The number of carbonyl (C=O) groups excluding carboxylic acids is 1. The summed E-state index contributed by atoms with van der Waals surface area (Å²) in [5, 5.41) is 13.3. The van der Waals surface area contributed by atoms with Gasteiger partial charge in [0.1, 0.15) is 11.5 Å². The topological polar surface area (TPSA) is 70.9 Å². The first kappa shape index (κ1) is 15.6. The van der Waals surface area contributed by atoms with Crippen LogP contribution in [0.2, 0.25) is 0 Å². The first-order valence-corrected chi connectivity index (χ1v) is 6.84. The lowest BCUT2D eigenvalue weighted by molar-refractivity contribution is -0.120. The first-order chi connectivity index (χ1) is 10.6. The van der Waals surface area contributed by atoms with Gasteiger partial charge in [0.05, 0.1) is 19.2 Å². The highest BCUT2D eigenvalue weighted by Gasteiger charge is 2.04. The highest BCUT2D eigenvalue weighted by atomic mass is 16.5. The number of benzene rings is 2. The lowest BCUT2D eigenvalue weighted by atomic mass is 10.1. The number of nitrogens with zero attached hydrogens (tertiary/aromatic N) is 1. The first-order valence-electron chi connectivity index (χ1n) is 6.84. The Balaban J connectivity index is 1.96. The SMILES string of the molecule is COc1cccc(CC(=O)N/N=C(\C)c2ccc(O)cc2)c1. The Morgan fingerprint density at radius 1 is 1.23 bits per heavy atom. The minimum Gasteiger partial charge on any atom is -0.508 e. The van der Waals surface area contributed by atoms with Crippen LogP contribution in [0.5, 0.6) is 11.5 Å². The van der Waals surface area contributed by atoms with Crippen LogP contribution in [-0.2, 0) is 11.2 Å². The van der Waals surface area contributed by atoms with Crippen LogP contribution in [0.15, 0.2) is 53.6 Å². The van der Waals surface area contributed by atoms with Gasteiger partial charge in [-0.25, -0.2) is 5.43 Å². The van der Waals surface area contributed by atoms with Crippen molar-refractivity contribution in [1.82, 2.24) is 5.43 Å². The molecule has 2 aromatic carbocycles. The molecule has 5 nitrogen and oxygen atoms in total. The van der Waals surface area contributed by atoms with Crippen LogP contribution in [0.3, 0.4) is 0 Å². The summed E-state index contributed by atoms with van der Waals surface area (Å²) in [5.74, 6) is 0.707. The maximum atomic E-state index is 11.9. The molecule has 2 rings (SSSR count). The molecule has 0 aliphatic carbocycles. The van der Waals surface area contributed by atoms with E-state index in [1.165, 1.54) is 0 Å². The molecule has 0 aromatic heterocycles. The van der Waals surface area contributed by atoms with Crippen molar-refractivity contribution in [2.24, 2.45) is 5.10 Å². The number of carbonyl (C=O) groups is 1. The summed E-state index contributed by atoms with van der Waals surface area (Å²) in [6.07, 6.45) is 0.226. The molecule has 0 saturated carbocycles. The fourth-order valence-corrected chi connectivity index (χ4v) is 1.92. The number of methoxy groups -OCH3 is 1. The summed E-state index contributed by atoms with van der Waals surface area (Å²) in [5.41, 5.74) is 4.88. The fourth-order valence-electron chi connectivity index (χ4n) is 1.92. The quantitative estimate of drug-likeness (QED) is 0.658. The number of hydrazone groups is 1.